The van der Waals surface area contributed by atoms with E-state index in [1.165, 1.54) is 11.3 Å². The number of carbonyl (C=O) groups excluding carboxylic acids is 1. The zero-order valence-electron chi connectivity index (χ0n) is 11.1. The summed E-state index contributed by atoms with van der Waals surface area (Å²) in [6.45, 7) is 3.83. The third-order valence-corrected chi connectivity index (χ3v) is 3.90. The van der Waals surface area contributed by atoms with E-state index in [1.807, 2.05) is 32.0 Å². The second-order valence-corrected chi connectivity index (χ2v) is 5.52. The number of carbonyl (C=O) groups is 1. The molecule has 0 atom stereocenters. The predicted octanol–water partition coefficient (Wildman–Crippen LogP) is 3.21. The standard InChI is InChI=1S/C14H16N2O2S/c1-8-6-10(4-5-12(8)18-3)16-14(17)13-7-11(15)9(2)19-13/h4-7H,15H2,1-3H3,(H,16,17). The van der Waals surface area contributed by atoms with Gasteiger partial charge in [-0.1, -0.05) is 0 Å². The third kappa shape index (κ3) is 2.88. The van der Waals surface area contributed by atoms with E-state index in [2.05, 4.69) is 5.32 Å². The summed E-state index contributed by atoms with van der Waals surface area (Å²) in [5.74, 6) is 0.656. The van der Waals surface area contributed by atoms with Gasteiger partial charge in [-0.15, -0.1) is 11.3 Å². The van der Waals surface area contributed by atoms with E-state index in [4.69, 9.17) is 10.5 Å². The summed E-state index contributed by atoms with van der Waals surface area (Å²) in [5.41, 5.74) is 8.12. The molecule has 0 aliphatic rings. The highest BCUT2D eigenvalue weighted by molar-refractivity contribution is 7.14. The maximum Gasteiger partial charge on any atom is 0.265 e. The third-order valence-electron chi connectivity index (χ3n) is 2.83. The number of hydrogen-bond donors (Lipinski definition) is 2. The second-order valence-electron chi connectivity index (χ2n) is 4.26. The topological polar surface area (TPSA) is 64.3 Å². The summed E-state index contributed by atoms with van der Waals surface area (Å²) in [4.78, 5) is 13.6. The van der Waals surface area contributed by atoms with Gasteiger partial charge >= 0.3 is 0 Å². The first-order chi connectivity index (χ1) is 9.01. The minimum absolute atomic E-state index is 0.144. The first kappa shape index (κ1) is 13.4. The van der Waals surface area contributed by atoms with Crippen LogP contribution in [0.1, 0.15) is 20.1 Å². The lowest BCUT2D eigenvalue weighted by atomic mass is 10.2. The predicted molar refractivity (Wildman–Crippen MR) is 79.2 cm³/mol. The molecule has 0 fully saturated rings. The zero-order valence-corrected chi connectivity index (χ0v) is 11.9. The van der Waals surface area contributed by atoms with Crippen LogP contribution in [0.15, 0.2) is 24.3 Å². The number of amides is 1. The van der Waals surface area contributed by atoms with Crippen LogP contribution < -0.4 is 15.8 Å². The van der Waals surface area contributed by atoms with Crippen molar-refractivity contribution >= 4 is 28.6 Å². The van der Waals surface area contributed by atoms with Crippen LogP contribution in [0.3, 0.4) is 0 Å². The highest BCUT2D eigenvalue weighted by Gasteiger charge is 2.11. The molecule has 2 aromatic rings. The van der Waals surface area contributed by atoms with Crippen LogP contribution >= 0.6 is 11.3 Å². The Morgan fingerprint density at radius 1 is 1.32 bits per heavy atom. The van der Waals surface area contributed by atoms with Gasteiger partial charge in [0.15, 0.2) is 0 Å². The van der Waals surface area contributed by atoms with E-state index in [-0.39, 0.29) is 5.91 Å². The van der Waals surface area contributed by atoms with Gasteiger partial charge in [0, 0.05) is 16.3 Å². The van der Waals surface area contributed by atoms with Gasteiger partial charge in [0.25, 0.3) is 5.91 Å². The molecule has 1 aromatic carbocycles. The smallest absolute Gasteiger partial charge is 0.265 e. The number of thiophene rings is 1. The van der Waals surface area contributed by atoms with Crippen molar-refractivity contribution in [2.24, 2.45) is 0 Å². The molecule has 0 saturated heterocycles. The lowest BCUT2D eigenvalue weighted by molar-refractivity contribution is 0.103. The Bertz CT molecular complexity index is 600. The van der Waals surface area contributed by atoms with E-state index in [9.17, 15) is 4.79 Å². The van der Waals surface area contributed by atoms with Crippen LogP contribution in [0.2, 0.25) is 0 Å². The van der Waals surface area contributed by atoms with Gasteiger partial charge in [0.2, 0.25) is 0 Å². The van der Waals surface area contributed by atoms with Crippen LogP contribution in [0.5, 0.6) is 5.75 Å². The molecule has 0 bridgehead atoms. The molecule has 5 heteroatoms. The Morgan fingerprint density at radius 2 is 2.05 bits per heavy atom. The second kappa shape index (κ2) is 5.32. The van der Waals surface area contributed by atoms with Crippen molar-refractivity contribution in [2.75, 3.05) is 18.2 Å². The minimum Gasteiger partial charge on any atom is -0.496 e. The molecule has 4 nitrogen and oxygen atoms in total. The minimum atomic E-state index is -0.144. The highest BCUT2D eigenvalue weighted by Crippen LogP contribution is 2.25. The van der Waals surface area contributed by atoms with Gasteiger partial charge in [-0.3, -0.25) is 4.79 Å². The number of aryl methyl sites for hydroxylation is 2. The van der Waals surface area contributed by atoms with Crippen LogP contribution in [0, 0.1) is 13.8 Å². The van der Waals surface area contributed by atoms with E-state index in [0.717, 1.165) is 21.9 Å². The van der Waals surface area contributed by atoms with Crippen molar-refractivity contribution in [3.63, 3.8) is 0 Å². The quantitative estimate of drug-likeness (QED) is 0.904. The van der Waals surface area contributed by atoms with Crippen molar-refractivity contribution in [2.45, 2.75) is 13.8 Å². The molecule has 2 rings (SSSR count). The number of ether oxygens (including phenoxy) is 1. The number of nitrogens with two attached hydrogens (primary N) is 1. The summed E-state index contributed by atoms with van der Waals surface area (Å²) >= 11 is 1.39. The Kier molecular flexibility index (Phi) is 3.76. The normalized spacial score (nSPS) is 10.3. The molecule has 0 aliphatic heterocycles. The van der Waals surface area contributed by atoms with E-state index < -0.39 is 0 Å². The molecule has 0 spiro atoms. The summed E-state index contributed by atoms with van der Waals surface area (Å²) in [6.07, 6.45) is 0. The molecule has 0 saturated carbocycles. The molecule has 3 N–H and O–H groups in total. The summed E-state index contributed by atoms with van der Waals surface area (Å²) in [5, 5.41) is 2.85. The monoisotopic (exact) mass is 276 g/mol. The zero-order chi connectivity index (χ0) is 14.0. The average Bonchev–Trinajstić information content (AvgIpc) is 2.70. The first-order valence-corrected chi connectivity index (χ1v) is 6.65. The van der Waals surface area contributed by atoms with Crippen LogP contribution in [-0.2, 0) is 0 Å². The van der Waals surface area contributed by atoms with Crippen molar-refractivity contribution in [1.82, 2.24) is 0 Å². The van der Waals surface area contributed by atoms with Gasteiger partial charge in [0.1, 0.15) is 5.75 Å². The number of methoxy groups -OCH3 is 1. The van der Waals surface area contributed by atoms with E-state index >= 15 is 0 Å². The summed E-state index contributed by atoms with van der Waals surface area (Å²) in [7, 11) is 1.62. The average molecular weight is 276 g/mol. The fourth-order valence-electron chi connectivity index (χ4n) is 1.76. The fourth-order valence-corrected chi connectivity index (χ4v) is 2.59. The Hall–Kier alpha value is -2.01. The highest BCUT2D eigenvalue weighted by atomic mass is 32.1. The van der Waals surface area contributed by atoms with Gasteiger partial charge in [0.05, 0.1) is 12.0 Å². The summed E-state index contributed by atoms with van der Waals surface area (Å²) in [6, 6.07) is 7.22. The number of benzene rings is 1. The molecular formula is C14H16N2O2S. The van der Waals surface area contributed by atoms with Crippen LogP contribution in [0.4, 0.5) is 11.4 Å². The van der Waals surface area contributed by atoms with Crippen molar-refractivity contribution < 1.29 is 9.53 Å². The van der Waals surface area contributed by atoms with Crippen molar-refractivity contribution in [3.05, 3.63) is 39.6 Å². The van der Waals surface area contributed by atoms with Gasteiger partial charge < -0.3 is 15.8 Å². The molecular weight excluding hydrogens is 260 g/mol. The molecule has 100 valence electrons. The molecule has 19 heavy (non-hydrogen) atoms. The molecule has 1 aromatic heterocycles. The van der Waals surface area contributed by atoms with E-state index in [1.54, 1.807) is 13.2 Å². The largest absolute Gasteiger partial charge is 0.496 e. The van der Waals surface area contributed by atoms with Crippen molar-refractivity contribution in [3.8, 4) is 5.75 Å². The SMILES string of the molecule is COc1ccc(NC(=O)c2cc(N)c(C)s2)cc1C. The number of rotatable bonds is 3. The van der Waals surface area contributed by atoms with E-state index in [0.29, 0.717) is 10.6 Å². The Balaban J connectivity index is 2.17. The molecule has 1 heterocycles. The van der Waals surface area contributed by atoms with Gasteiger partial charge in [-0.2, -0.15) is 0 Å². The number of nitrogens with one attached hydrogen (secondary N) is 1. The van der Waals surface area contributed by atoms with Gasteiger partial charge in [-0.05, 0) is 43.7 Å². The Morgan fingerprint density at radius 3 is 2.58 bits per heavy atom. The Labute approximate surface area is 116 Å². The molecule has 0 aliphatic carbocycles. The molecule has 0 radical (unpaired) electrons. The molecule has 1 amide bonds. The maximum atomic E-state index is 12.1. The fraction of sp³-hybridized carbons (Fsp3) is 0.214. The molecule has 0 unspecified atom stereocenters. The van der Waals surface area contributed by atoms with Gasteiger partial charge in [-0.25, -0.2) is 0 Å². The van der Waals surface area contributed by atoms with Crippen LogP contribution in [0.25, 0.3) is 0 Å². The van der Waals surface area contributed by atoms with Crippen LogP contribution in [-0.4, -0.2) is 13.0 Å². The number of hydrogen-bond acceptors (Lipinski definition) is 4. The summed E-state index contributed by atoms with van der Waals surface area (Å²) < 4.78 is 5.18. The first-order valence-electron chi connectivity index (χ1n) is 5.83. The number of nitrogen functional groups attached to an aromatic ring is 1. The van der Waals surface area contributed by atoms with Crippen molar-refractivity contribution in [1.29, 1.82) is 0 Å². The lowest BCUT2D eigenvalue weighted by Gasteiger charge is -2.08. The lowest BCUT2D eigenvalue weighted by Crippen LogP contribution is -2.10. The number of anilines is 2. The maximum absolute atomic E-state index is 12.1.